The van der Waals surface area contributed by atoms with Crippen molar-refractivity contribution in [3.8, 4) is 0 Å². The molecule has 16 heavy (non-hydrogen) atoms. The lowest BCUT2D eigenvalue weighted by atomic mass is 10.1. The molecule has 2 atom stereocenters. The summed E-state index contributed by atoms with van der Waals surface area (Å²) < 4.78 is 27.5. The first-order valence-corrected chi connectivity index (χ1v) is 6.97. The van der Waals surface area contributed by atoms with Gasteiger partial charge in [-0.15, -0.1) is 0 Å². The molecule has 0 aliphatic heterocycles. The molecule has 0 aliphatic carbocycles. The topological polar surface area (TPSA) is 99.1 Å². The Morgan fingerprint density at radius 2 is 1.88 bits per heavy atom. The molecular weight excluding hydrogens is 230 g/mol. The highest BCUT2D eigenvalue weighted by molar-refractivity contribution is 7.90. The van der Waals surface area contributed by atoms with Crippen LogP contribution in [0.3, 0.4) is 0 Å². The van der Waals surface area contributed by atoms with E-state index in [4.69, 9.17) is 10.3 Å². The molecule has 0 fully saturated rings. The van der Waals surface area contributed by atoms with Crippen LogP contribution in [0.1, 0.15) is 43.8 Å². The van der Waals surface area contributed by atoms with Gasteiger partial charge < -0.3 is 10.3 Å². The Balaban J connectivity index is 2.96. The second-order valence-corrected chi connectivity index (χ2v) is 6.60. The summed E-state index contributed by atoms with van der Waals surface area (Å²) >= 11 is 0. The molecule has 0 aromatic carbocycles. The Kier molecular flexibility index (Phi) is 3.69. The predicted octanol–water partition coefficient (Wildman–Crippen LogP) is 0.831. The first kappa shape index (κ1) is 13.1. The van der Waals surface area contributed by atoms with Crippen LogP contribution in [0, 0.1) is 5.92 Å². The molecule has 0 spiro atoms. The molecule has 1 heterocycles. The number of nitrogens with two attached hydrogens (primary N) is 1. The summed E-state index contributed by atoms with van der Waals surface area (Å²) in [5.41, 5.74) is 5.81. The second kappa shape index (κ2) is 4.50. The molecule has 1 rings (SSSR count). The Morgan fingerprint density at radius 1 is 1.31 bits per heavy atom. The number of nitrogens with zero attached hydrogens (tertiary/aromatic N) is 2. The number of sulfone groups is 1. The molecule has 1 aromatic rings. The fourth-order valence-electron chi connectivity index (χ4n) is 1.02. The van der Waals surface area contributed by atoms with E-state index in [0.717, 1.165) is 6.26 Å². The number of hydrogen-bond acceptors (Lipinski definition) is 6. The van der Waals surface area contributed by atoms with E-state index in [0.29, 0.717) is 0 Å². The van der Waals surface area contributed by atoms with E-state index < -0.39 is 15.1 Å². The van der Waals surface area contributed by atoms with Gasteiger partial charge in [0, 0.05) is 6.26 Å². The normalized spacial score (nSPS) is 16.4. The highest BCUT2D eigenvalue weighted by atomic mass is 32.2. The van der Waals surface area contributed by atoms with E-state index in [9.17, 15) is 8.42 Å². The quantitative estimate of drug-likeness (QED) is 0.846. The summed E-state index contributed by atoms with van der Waals surface area (Å²) in [5, 5.41) is 2.87. The third-order valence-corrected chi connectivity index (χ3v) is 3.96. The van der Waals surface area contributed by atoms with E-state index in [1.165, 1.54) is 6.92 Å². The molecule has 0 bridgehead atoms. The Morgan fingerprint density at radius 3 is 2.31 bits per heavy atom. The summed E-state index contributed by atoms with van der Waals surface area (Å²) in [6, 6.07) is -0.368. The molecule has 0 radical (unpaired) electrons. The van der Waals surface area contributed by atoms with Crippen molar-refractivity contribution in [2.24, 2.45) is 11.7 Å². The van der Waals surface area contributed by atoms with Crippen molar-refractivity contribution < 1.29 is 12.9 Å². The molecule has 2 N–H and O–H groups in total. The van der Waals surface area contributed by atoms with Gasteiger partial charge in [-0.2, -0.15) is 4.98 Å². The van der Waals surface area contributed by atoms with Gasteiger partial charge in [0.15, 0.2) is 15.7 Å². The molecule has 0 amide bonds. The summed E-state index contributed by atoms with van der Waals surface area (Å²) in [7, 11) is -3.21. The smallest absolute Gasteiger partial charge is 0.243 e. The van der Waals surface area contributed by atoms with Gasteiger partial charge in [0.25, 0.3) is 0 Å². The molecule has 2 unspecified atom stereocenters. The van der Waals surface area contributed by atoms with E-state index in [1.54, 1.807) is 0 Å². The lowest BCUT2D eigenvalue weighted by molar-refractivity contribution is 0.322. The minimum atomic E-state index is -3.21. The lowest BCUT2D eigenvalue weighted by Gasteiger charge is -2.09. The molecule has 6 nitrogen and oxygen atoms in total. The fourth-order valence-corrected chi connectivity index (χ4v) is 1.50. The molecule has 7 heteroatoms. The average molecular weight is 247 g/mol. The van der Waals surface area contributed by atoms with Crippen molar-refractivity contribution in [2.75, 3.05) is 6.26 Å². The number of rotatable bonds is 4. The third kappa shape index (κ3) is 2.79. The molecule has 0 saturated carbocycles. The van der Waals surface area contributed by atoms with Gasteiger partial charge in [0.1, 0.15) is 5.25 Å². The van der Waals surface area contributed by atoms with Crippen LogP contribution in [-0.4, -0.2) is 24.8 Å². The Bertz CT molecular complexity index is 452. The predicted molar refractivity (Wildman–Crippen MR) is 59.3 cm³/mol. The van der Waals surface area contributed by atoms with E-state index in [-0.39, 0.29) is 23.7 Å². The largest absolute Gasteiger partial charge is 0.338 e. The highest BCUT2D eigenvalue weighted by Crippen LogP contribution is 2.21. The molecule has 92 valence electrons. The second-order valence-electron chi connectivity index (χ2n) is 4.23. The monoisotopic (exact) mass is 247 g/mol. The van der Waals surface area contributed by atoms with E-state index >= 15 is 0 Å². The van der Waals surface area contributed by atoms with Crippen molar-refractivity contribution in [3.63, 3.8) is 0 Å². The first-order valence-electron chi connectivity index (χ1n) is 5.01. The SMILES string of the molecule is CC(C)C(N)c1nc(C(C)S(C)(=O)=O)no1. The summed E-state index contributed by atoms with van der Waals surface area (Å²) in [6.45, 7) is 5.37. The van der Waals surface area contributed by atoms with Gasteiger partial charge in [-0.3, -0.25) is 0 Å². The van der Waals surface area contributed by atoms with E-state index in [2.05, 4.69) is 10.1 Å². The van der Waals surface area contributed by atoms with Gasteiger partial charge in [0.05, 0.1) is 6.04 Å². The molecule has 0 aliphatic rings. The maximum atomic E-state index is 11.3. The van der Waals surface area contributed by atoms with Crippen LogP contribution < -0.4 is 5.73 Å². The van der Waals surface area contributed by atoms with Crippen LogP contribution in [0.2, 0.25) is 0 Å². The minimum absolute atomic E-state index is 0.154. The van der Waals surface area contributed by atoms with Crippen molar-refractivity contribution in [1.29, 1.82) is 0 Å². The summed E-state index contributed by atoms with van der Waals surface area (Å²) in [6.07, 6.45) is 1.13. The summed E-state index contributed by atoms with van der Waals surface area (Å²) in [5.74, 6) is 0.593. The van der Waals surface area contributed by atoms with Crippen LogP contribution in [0.4, 0.5) is 0 Å². The van der Waals surface area contributed by atoms with Crippen molar-refractivity contribution in [2.45, 2.75) is 32.1 Å². The van der Waals surface area contributed by atoms with Crippen molar-refractivity contribution in [1.82, 2.24) is 10.1 Å². The third-order valence-electron chi connectivity index (χ3n) is 2.47. The maximum absolute atomic E-state index is 11.3. The summed E-state index contributed by atoms with van der Waals surface area (Å²) in [4.78, 5) is 4.02. The molecular formula is C9H17N3O3S. The van der Waals surface area contributed by atoms with Crippen LogP contribution >= 0.6 is 0 Å². The fraction of sp³-hybridized carbons (Fsp3) is 0.778. The van der Waals surface area contributed by atoms with Crippen LogP contribution in [-0.2, 0) is 9.84 Å². The molecule has 1 aromatic heterocycles. The Hall–Kier alpha value is -0.950. The number of aromatic nitrogens is 2. The van der Waals surface area contributed by atoms with Crippen molar-refractivity contribution in [3.05, 3.63) is 11.7 Å². The minimum Gasteiger partial charge on any atom is -0.338 e. The standard InChI is InChI=1S/C9H17N3O3S/c1-5(2)7(10)9-11-8(12-15-9)6(3)16(4,13)14/h5-7H,10H2,1-4H3. The van der Waals surface area contributed by atoms with Gasteiger partial charge in [-0.25, -0.2) is 8.42 Å². The van der Waals surface area contributed by atoms with Gasteiger partial charge in [-0.1, -0.05) is 19.0 Å². The zero-order chi connectivity index (χ0) is 12.5. The van der Waals surface area contributed by atoms with Gasteiger partial charge >= 0.3 is 0 Å². The zero-order valence-electron chi connectivity index (χ0n) is 9.84. The van der Waals surface area contributed by atoms with Crippen LogP contribution in [0.5, 0.6) is 0 Å². The van der Waals surface area contributed by atoms with Gasteiger partial charge in [0.2, 0.25) is 5.89 Å². The molecule has 0 saturated heterocycles. The zero-order valence-corrected chi connectivity index (χ0v) is 10.7. The van der Waals surface area contributed by atoms with Crippen LogP contribution in [0.25, 0.3) is 0 Å². The lowest BCUT2D eigenvalue weighted by Crippen LogP contribution is -2.17. The first-order chi connectivity index (χ1) is 7.23. The maximum Gasteiger partial charge on any atom is 0.243 e. The average Bonchev–Trinajstić information content (AvgIpc) is 2.62. The van der Waals surface area contributed by atoms with E-state index in [1.807, 2.05) is 13.8 Å². The van der Waals surface area contributed by atoms with Crippen LogP contribution in [0.15, 0.2) is 4.52 Å². The van der Waals surface area contributed by atoms with Crippen molar-refractivity contribution >= 4 is 9.84 Å². The number of hydrogen-bond donors (Lipinski definition) is 1. The highest BCUT2D eigenvalue weighted by Gasteiger charge is 2.25. The van der Waals surface area contributed by atoms with Gasteiger partial charge in [-0.05, 0) is 12.8 Å². The Labute approximate surface area is 95.1 Å².